The van der Waals surface area contributed by atoms with Crippen molar-refractivity contribution in [2.75, 3.05) is 11.9 Å². The molecular weight excluding hydrogens is 358 g/mol. The second-order valence-electron chi connectivity index (χ2n) is 8.26. The molecule has 1 aliphatic rings. The number of hydrogen-bond donors (Lipinski definition) is 2. The molecule has 1 aromatic carbocycles. The number of ether oxygens (including phenoxy) is 1. The Morgan fingerprint density at radius 2 is 1.93 bits per heavy atom. The maximum atomic E-state index is 12.9. The van der Waals surface area contributed by atoms with E-state index in [0.29, 0.717) is 17.8 Å². The molecule has 1 aliphatic heterocycles. The number of hydrogen-bond acceptors (Lipinski definition) is 4. The normalized spacial score (nSPS) is 18.2. The van der Waals surface area contributed by atoms with Crippen LogP contribution in [0.4, 0.5) is 15.3 Å². The molecule has 0 bridgehead atoms. The monoisotopic (exact) mass is 389 g/mol. The van der Waals surface area contributed by atoms with Gasteiger partial charge in [-0.15, -0.1) is 0 Å². The third kappa shape index (κ3) is 6.25. The zero-order valence-electron chi connectivity index (χ0n) is 17.4. The standard InChI is InChI=1S/C21H31N3O4/c1-14(22-20(27)28-21(3,4)5)18-11-6-7-12-24(18)19(26)23-17-10-8-9-16(13-17)15(2)25/h8-10,13-14,18H,6-7,11-12H2,1-5H3,(H,22,27)(H,23,26)/t14-,18-/m0/s1. The summed E-state index contributed by atoms with van der Waals surface area (Å²) in [5.41, 5.74) is 0.553. The van der Waals surface area contributed by atoms with Crippen LogP contribution in [0.25, 0.3) is 0 Å². The SMILES string of the molecule is CC(=O)c1cccc(NC(=O)N2CCCC[C@H]2[C@H](C)NC(=O)OC(C)(C)C)c1. The van der Waals surface area contributed by atoms with Gasteiger partial charge in [0.1, 0.15) is 5.60 Å². The Labute approximate surface area is 166 Å². The highest BCUT2D eigenvalue weighted by Gasteiger charge is 2.32. The van der Waals surface area contributed by atoms with E-state index < -0.39 is 11.7 Å². The van der Waals surface area contributed by atoms with E-state index in [9.17, 15) is 14.4 Å². The molecule has 3 amide bonds. The van der Waals surface area contributed by atoms with Crippen molar-refractivity contribution in [2.24, 2.45) is 0 Å². The average molecular weight is 389 g/mol. The fraction of sp³-hybridized carbons (Fsp3) is 0.571. The van der Waals surface area contributed by atoms with Crippen molar-refractivity contribution >= 4 is 23.6 Å². The number of alkyl carbamates (subject to hydrolysis) is 1. The van der Waals surface area contributed by atoms with Crippen LogP contribution in [-0.2, 0) is 4.74 Å². The number of nitrogens with zero attached hydrogens (tertiary/aromatic N) is 1. The predicted molar refractivity (Wildman–Crippen MR) is 109 cm³/mol. The number of carbonyl (C=O) groups excluding carboxylic acids is 3. The van der Waals surface area contributed by atoms with Crippen LogP contribution in [0.2, 0.25) is 0 Å². The van der Waals surface area contributed by atoms with Crippen LogP contribution in [-0.4, -0.2) is 47.0 Å². The largest absolute Gasteiger partial charge is 0.444 e. The molecule has 0 radical (unpaired) electrons. The van der Waals surface area contributed by atoms with Gasteiger partial charge in [0.15, 0.2) is 5.78 Å². The first-order chi connectivity index (χ1) is 13.1. The molecule has 1 heterocycles. The smallest absolute Gasteiger partial charge is 0.407 e. The lowest BCUT2D eigenvalue weighted by Crippen LogP contribution is -2.55. The Balaban J connectivity index is 2.05. The van der Waals surface area contributed by atoms with E-state index in [1.165, 1.54) is 6.92 Å². The van der Waals surface area contributed by atoms with Gasteiger partial charge in [-0.05, 0) is 66.0 Å². The first-order valence-electron chi connectivity index (χ1n) is 9.75. The number of benzene rings is 1. The van der Waals surface area contributed by atoms with Crippen molar-refractivity contribution in [3.05, 3.63) is 29.8 Å². The molecule has 0 aliphatic carbocycles. The lowest BCUT2D eigenvalue weighted by molar-refractivity contribution is 0.0465. The zero-order chi connectivity index (χ0) is 20.9. The van der Waals surface area contributed by atoms with Crippen molar-refractivity contribution < 1.29 is 19.1 Å². The maximum absolute atomic E-state index is 12.9. The van der Waals surface area contributed by atoms with Crippen LogP contribution in [0.15, 0.2) is 24.3 Å². The highest BCUT2D eigenvalue weighted by molar-refractivity contribution is 5.96. The van der Waals surface area contributed by atoms with Gasteiger partial charge in [-0.3, -0.25) is 4.79 Å². The molecule has 0 aromatic heterocycles. The van der Waals surface area contributed by atoms with Gasteiger partial charge in [0, 0.05) is 23.8 Å². The predicted octanol–water partition coefficient (Wildman–Crippen LogP) is 4.19. The van der Waals surface area contributed by atoms with Crippen molar-refractivity contribution in [2.45, 2.75) is 71.6 Å². The number of carbonyl (C=O) groups is 3. The number of likely N-dealkylation sites (tertiary alicyclic amines) is 1. The topological polar surface area (TPSA) is 87.7 Å². The number of piperidine rings is 1. The van der Waals surface area contributed by atoms with Gasteiger partial charge in [-0.1, -0.05) is 12.1 Å². The van der Waals surface area contributed by atoms with Gasteiger partial charge in [0.2, 0.25) is 0 Å². The zero-order valence-corrected chi connectivity index (χ0v) is 17.4. The Kier molecular flexibility index (Phi) is 7.05. The molecule has 2 rings (SSSR count). The minimum absolute atomic E-state index is 0.0536. The number of rotatable bonds is 4. The quantitative estimate of drug-likeness (QED) is 0.756. The van der Waals surface area contributed by atoms with E-state index in [1.54, 1.807) is 29.2 Å². The molecule has 2 atom stereocenters. The number of amides is 3. The molecule has 28 heavy (non-hydrogen) atoms. The Morgan fingerprint density at radius 1 is 1.21 bits per heavy atom. The summed E-state index contributed by atoms with van der Waals surface area (Å²) in [5, 5.41) is 5.73. The third-order valence-corrected chi connectivity index (χ3v) is 4.65. The molecule has 1 fully saturated rings. The molecule has 1 saturated heterocycles. The highest BCUT2D eigenvalue weighted by Crippen LogP contribution is 2.22. The van der Waals surface area contributed by atoms with Gasteiger partial charge in [-0.25, -0.2) is 9.59 Å². The summed E-state index contributed by atoms with van der Waals surface area (Å²) in [5.74, 6) is -0.0536. The van der Waals surface area contributed by atoms with Crippen LogP contribution in [0.5, 0.6) is 0 Å². The molecular formula is C21H31N3O4. The van der Waals surface area contributed by atoms with Gasteiger partial charge >= 0.3 is 12.1 Å². The maximum Gasteiger partial charge on any atom is 0.407 e. The Bertz CT molecular complexity index is 727. The second kappa shape index (κ2) is 9.08. The highest BCUT2D eigenvalue weighted by atomic mass is 16.6. The van der Waals surface area contributed by atoms with Crippen LogP contribution in [0.1, 0.15) is 64.2 Å². The van der Waals surface area contributed by atoms with Gasteiger partial charge in [-0.2, -0.15) is 0 Å². The van der Waals surface area contributed by atoms with E-state index in [-0.39, 0.29) is 23.9 Å². The summed E-state index contributed by atoms with van der Waals surface area (Å²) < 4.78 is 5.33. The first-order valence-corrected chi connectivity index (χ1v) is 9.75. The fourth-order valence-electron chi connectivity index (χ4n) is 3.33. The van der Waals surface area contributed by atoms with Crippen LogP contribution in [0.3, 0.4) is 0 Å². The van der Waals surface area contributed by atoms with Crippen molar-refractivity contribution in [1.82, 2.24) is 10.2 Å². The second-order valence-corrected chi connectivity index (χ2v) is 8.26. The number of urea groups is 1. The minimum Gasteiger partial charge on any atom is -0.444 e. The van der Waals surface area contributed by atoms with E-state index in [1.807, 2.05) is 27.7 Å². The number of anilines is 1. The van der Waals surface area contributed by atoms with Crippen molar-refractivity contribution in [3.8, 4) is 0 Å². The molecule has 154 valence electrons. The minimum atomic E-state index is -0.574. The molecule has 0 spiro atoms. The van der Waals surface area contributed by atoms with Gasteiger partial charge in [0.05, 0.1) is 6.04 Å². The number of Topliss-reactive ketones (excluding diaryl/α,β-unsaturated/α-hetero) is 1. The molecule has 1 aromatic rings. The summed E-state index contributed by atoms with van der Waals surface area (Å²) in [6.07, 6.45) is 2.23. The average Bonchev–Trinajstić information content (AvgIpc) is 2.60. The summed E-state index contributed by atoms with van der Waals surface area (Å²) in [6.45, 7) is 9.43. The Morgan fingerprint density at radius 3 is 2.57 bits per heavy atom. The lowest BCUT2D eigenvalue weighted by atomic mass is 9.97. The number of ketones is 1. The first kappa shape index (κ1) is 21.7. The summed E-state index contributed by atoms with van der Waals surface area (Å²) in [7, 11) is 0. The van der Waals surface area contributed by atoms with Crippen molar-refractivity contribution in [1.29, 1.82) is 0 Å². The van der Waals surface area contributed by atoms with Crippen molar-refractivity contribution in [3.63, 3.8) is 0 Å². The van der Waals surface area contributed by atoms with Crippen LogP contribution in [0, 0.1) is 0 Å². The molecule has 2 N–H and O–H groups in total. The Hall–Kier alpha value is -2.57. The molecule has 7 heteroatoms. The lowest BCUT2D eigenvalue weighted by Gasteiger charge is -2.39. The molecule has 0 unspecified atom stereocenters. The van der Waals surface area contributed by atoms with Gasteiger partial charge in [0.25, 0.3) is 0 Å². The van der Waals surface area contributed by atoms with E-state index in [0.717, 1.165) is 19.3 Å². The van der Waals surface area contributed by atoms with Crippen LogP contribution < -0.4 is 10.6 Å². The third-order valence-electron chi connectivity index (χ3n) is 4.65. The van der Waals surface area contributed by atoms with Gasteiger partial charge < -0.3 is 20.3 Å². The summed E-state index contributed by atoms with van der Waals surface area (Å²) >= 11 is 0. The fourth-order valence-corrected chi connectivity index (χ4v) is 3.33. The van der Waals surface area contributed by atoms with E-state index in [2.05, 4.69) is 10.6 Å². The van der Waals surface area contributed by atoms with Crippen LogP contribution >= 0.6 is 0 Å². The van der Waals surface area contributed by atoms with E-state index in [4.69, 9.17) is 4.74 Å². The molecule has 0 saturated carbocycles. The summed E-state index contributed by atoms with van der Waals surface area (Å²) in [6, 6.07) is 6.28. The number of nitrogens with one attached hydrogen (secondary N) is 2. The molecule has 7 nitrogen and oxygen atoms in total. The van der Waals surface area contributed by atoms with E-state index >= 15 is 0 Å². The summed E-state index contributed by atoms with van der Waals surface area (Å²) in [4.78, 5) is 38.3.